The first-order chi connectivity index (χ1) is 21.5. The number of ketones is 1. The molecule has 0 spiro atoms. The summed E-state index contributed by atoms with van der Waals surface area (Å²) in [5, 5.41) is 70.3. The molecular formula is C31H46O15. The quantitative estimate of drug-likeness (QED) is 0.101. The van der Waals surface area contributed by atoms with Gasteiger partial charge in [-0.2, -0.15) is 0 Å². The highest BCUT2D eigenvalue weighted by atomic mass is 16.7. The molecule has 11 atom stereocenters. The second-order valence-electron chi connectivity index (χ2n) is 12.4. The van der Waals surface area contributed by atoms with E-state index in [1.807, 2.05) is 45.9 Å². The molecule has 11 unspecified atom stereocenters. The van der Waals surface area contributed by atoms with Crippen LogP contribution in [0, 0.1) is 5.41 Å². The molecular weight excluding hydrogens is 612 g/mol. The molecule has 1 aliphatic carbocycles. The third-order valence-electron chi connectivity index (χ3n) is 8.47. The number of aliphatic hydroxyl groups excluding tert-OH is 7. The van der Waals surface area contributed by atoms with Crippen LogP contribution in [0.5, 0.6) is 0 Å². The first kappa shape index (κ1) is 37.9. The third kappa shape index (κ3) is 8.86. The van der Waals surface area contributed by atoms with E-state index in [0.717, 1.165) is 11.1 Å². The van der Waals surface area contributed by atoms with Gasteiger partial charge in [-0.25, -0.2) is 0 Å². The number of hydrogen-bond donors (Lipinski definition) is 7. The first-order valence-corrected chi connectivity index (χ1v) is 15.1. The fourth-order valence-electron chi connectivity index (χ4n) is 5.53. The number of carbonyl (C=O) groups excluding carboxylic acids is 3. The van der Waals surface area contributed by atoms with E-state index in [9.17, 15) is 50.1 Å². The van der Waals surface area contributed by atoms with Crippen molar-refractivity contribution in [2.24, 2.45) is 5.41 Å². The minimum atomic E-state index is -1.92. The van der Waals surface area contributed by atoms with Crippen molar-refractivity contribution in [3.63, 3.8) is 0 Å². The summed E-state index contributed by atoms with van der Waals surface area (Å²) in [6.07, 6.45) is -13.0. The predicted octanol–water partition coefficient (Wildman–Crippen LogP) is -1.32. The summed E-state index contributed by atoms with van der Waals surface area (Å²) in [5.41, 5.74) is 1.89. The Balaban J connectivity index is 1.57. The molecule has 2 fully saturated rings. The molecule has 2 aliphatic heterocycles. The van der Waals surface area contributed by atoms with Crippen molar-refractivity contribution in [3.05, 3.63) is 34.9 Å². The van der Waals surface area contributed by atoms with Crippen LogP contribution in [-0.2, 0) is 38.1 Å². The number of carbonyl (C=O) groups is 3. The van der Waals surface area contributed by atoms with Crippen LogP contribution in [0.25, 0.3) is 0 Å². The molecule has 2 heterocycles. The Labute approximate surface area is 266 Å². The Morgan fingerprint density at radius 2 is 1.59 bits per heavy atom. The lowest BCUT2D eigenvalue weighted by Gasteiger charge is -2.45. The molecule has 15 heteroatoms. The Morgan fingerprint density at radius 1 is 0.935 bits per heavy atom. The number of allylic oxidation sites excluding steroid dienone is 5. The summed E-state index contributed by atoms with van der Waals surface area (Å²) in [6, 6.07) is 0. The monoisotopic (exact) mass is 658 g/mol. The van der Waals surface area contributed by atoms with Crippen molar-refractivity contribution in [2.45, 2.75) is 121 Å². The minimum Gasteiger partial charge on any atom is -0.463 e. The number of aliphatic hydroxyl groups is 7. The van der Waals surface area contributed by atoms with Crippen LogP contribution in [0.15, 0.2) is 34.9 Å². The molecule has 3 aliphatic rings. The average molecular weight is 659 g/mol. The van der Waals surface area contributed by atoms with Gasteiger partial charge in [-0.05, 0) is 37.3 Å². The smallest absolute Gasteiger partial charge is 0.307 e. The van der Waals surface area contributed by atoms with E-state index in [1.54, 1.807) is 6.92 Å². The fraction of sp³-hybridized carbons (Fsp3) is 0.710. The van der Waals surface area contributed by atoms with E-state index in [2.05, 4.69) is 0 Å². The Hall–Kier alpha value is -2.57. The zero-order valence-electron chi connectivity index (χ0n) is 26.5. The fourth-order valence-corrected chi connectivity index (χ4v) is 5.53. The summed E-state index contributed by atoms with van der Waals surface area (Å²) in [6.45, 7) is 8.01. The SMILES string of the molecule is CC=C(C)C=CC1=C(C)C(=O)C(OC(=O)CCC(=O)OCC2OC(O)C(O)C(O)C2OC2OC(CO)C(O)C(O)C2O)CC1(C)C. The molecule has 0 saturated carbocycles. The molecule has 0 amide bonds. The topological polar surface area (TPSA) is 239 Å². The third-order valence-corrected chi connectivity index (χ3v) is 8.47. The summed E-state index contributed by atoms with van der Waals surface area (Å²) in [4.78, 5) is 38.1. The van der Waals surface area contributed by atoms with Crippen LogP contribution < -0.4 is 0 Å². The number of ether oxygens (including phenoxy) is 5. The Morgan fingerprint density at radius 3 is 2.22 bits per heavy atom. The summed E-state index contributed by atoms with van der Waals surface area (Å²) in [5.74, 6) is -2.03. The van der Waals surface area contributed by atoms with E-state index in [0.29, 0.717) is 5.57 Å². The largest absolute Gasteiger partial charge is 0.463 e. The number of esters is 2. The second kappa shape index (κ2) is 16.0. The molecule has 0 bridgehead atoms. The van der Waals surface area contributed by atoms with Gasteiger partial charge in [0.2, 0.25) is 0 Å². The number of hydrogen-bond acceptors (Lipinski definition) is 15. The minimum absolute atomic E-state index is 0.249. The second-order valence-corrected chi connectivity index (χ2v) is 12.4. The number of Topliss-reactive ketones (excluding diaryl/α,β-unsaturated/α-hetero) is 1. The van der Waals surface area contributed by atoms with E-state index in [4.69, 9.17) is 23.7 Å². The Kier molecular flexibility index (Phi) is 13.2. The van der Waals surface area contributed by atoms with Crippen molar-refractivity contribution in [1.82, 2.24) is 0 Å². The highest BCUT2D eigenvalue weighted by molar-refractivity contribution is 6.01. The maximum Gasteiger partial charge on any atom is 0.307 e. The lowest BCUT2D eigenvalue weighted by atomic mass is 9.71. The lowest BCUT2D eigenvalue weighted by molar-refractivity contribution is -0.355. The van der Waals surface area contributed by atoms with Gasteiger partial charge in [0.25, 0.3) is 0 Å². The van der Waals surface area contributed by atoms with E-state index in [1.165, 1.54) is 0 Å². The van der Waals surface area contributed by atoms with E-state index < -0.39 is 111 Å². The summed E-state index contributed by atoms with van der Waals surface area (Å²) < 4.78 is 26.6. The van der Waals surface area contributed by atoms with Crippen LogP contribution in [0.4, 0.5) is 0 Å². The van der Waals surface area contributed by atoms with Crippen LogP contribution in [0.1, 0.15) is 53.9 Å². The molecule has 0 radical (unpaired) electrons. The maximum atomic E-state index is 13.0. The molecule has 2 saturated heterocycles. The highest BCUT2D eigenvalue weighted by Gasteiger charge is 2.50. The van der Waals surface area contributed by atoms with Gasteiger partial charge < -0.3 is 59.4 Å². The predicted molar refractivity (Wildman–Crippen MR) is 156 cm³/mol. The van der Waals surface area contributed by atoms with Crippen molar-refractivity contribution >= 4 is 17.7 Å². The molecule has 0 aromatic rings. The average Bonchev–Trinajstić information content (AvgIpc) is 3.01. The molecule has 46 heavy (non-hydrogen) atoms. The van der Waals surface area contributed by atoms with Gasteiger partial charge in [0.05, 0.1) is 19.4 Å². The van der Waals surface area contributed by atoms with Gasteiger partial charge in [0, 0.05) is 6.42 Å². The van der Waals surface area contributed by atoms with Crippen molar-refractivity contribution in [1.29, 1.82) is 0 Å². The zero-order chi connectivity index (χ0) is 34.5. The lowest BCUT2D eigenvalue weighted by Crippen LogP contribution is -2.64. The van der Waals surface area contributed by atoms with Crippen molar-refractivity contribution < 1.29 is 73.8 Å². The summed E-state index contributed by atoms with van der Waals surface area (Å²) >= 11 is 0. The number of rotatable bonds is 11. The van der Waals surface area contributed by atoms with Gasteiger partial charge in [0.15, 0.2) is 24.5 Å². The van der Waals surface area contributed by atoms with Gasteiger partial charge in [-0.1, -0.05) is 37.6 Å². The van der Waals surface area contributed by atoms with Crippen molar-refractivity contribution in [2.75, 3.05) is 13.2 Å². The summed E-state index contributed by atoms with van der Waals surface area (Å²) in [7, 11) is 0. The Bertz CT molecular complexity index is 1190. The van der Waals surface area contributed by atoms with Crippen LogP contribution >= 0.6 is 0 Å². The first-order valence-electron chi connectivity index (χ1n) is 15.1. The maximum absolute atomic E-state index is 13.0. The van der Waals surface area contributed by atoms with E-state index >= 15 is 0 Å². The highest BCUT2D eigenvalue weighted by Crippen LogP contribution is 2.41. The van der Waals surface area contributed by atoms with Gasteiger partial charge in [-0.3, -0.25) is 14.4 Å². The molecule has 0 aromatic carbocycles. The molecule has 7 N–H and O–H groups in total. The zero-order valence-corrected chi connectivity index (χ0v) is 26.5. The molecule has 3 rings (SSSR count). The van der Waals surface area contributed by atoms with Crippen LogP contribution in [0.3, 0.4) is 0 Å². The normalized spacial score (nSPS) is 37.0. The standard InChI is InChI=1S/C31H46O15/c1-6-14(2)7-8-16-15(3)22(35)17(11-31(16,4)5)43-21(34)10-9-20(33)42-13-19-28(25(38)26(39)29(41)44-19)46-30-27(40)24(37)23(36)18(12-32)45-30/h6-8,17-19,23-30,32,36-41H,9-13H2,1-5H3. The van der Waals surface area contributed by atoms with Gasteiger partial charge in [0.1, 0.15) is 55.4 Å². The molecule has 0 aromatic heterocycles. The molecule has 15 nitrogen and oxygen atoms in total. The van der Waals surface area contributed by atoms with E-state index in [-0.39, 0.29) is 12.2 Å². The molecule has 260 valence electrons. The van der Waals surface area contributed by atoms with Gasteiger partial charge in [-0.15, -0.1) is 0 Å². The van der Waals surface area contributed by atoms with Crippen molar-refractivity contribution in [3.8, 4) is 0 Å². The van der Waals surface area contributed by atoms with Gasteiger partial charge >= 0.3 is 11.9 Å². The van der Waals surface area contributed by atoms with Crippen LogP contribution in [0.2, 0.25) is 0 Å². The van der Waals surface area contributed by atoms with Crippen LogP contribution in [-0.4, -0.2) is 134 Å².